The van der Waals surface area contributed by atoms with Gasteiger partial charge >= 0.3 is 0 Å². The van der Waals surface area contributed by atoms with E-state index in [0.717, 1.165) is 0 Å². The fourth-order valence-electron chi connectivity index (χ4n) is 1.34. The zero-order valence-electron chi connectivity index (χ0n) is 9.15. The fraction of sp³-hybridized carbons (Fsp3) is 0. The molecule has 0 spiro atoms. The summed E-state index contributed by atoms with van der Waals surface area (Å²) in [6.07, 6.45) is 2.17. The third kappa shape index (κ3) is 2.89. The molecule has 0 bridgehead atoms. The highest BCUT2D eigenvalue weighted by atomic mass is 35.5. The van der Waals surface area contributed by atoms with Gasteiger partial charge in [-0.05, 0) is 18.2 Å². The number of nitrogens with zero attached hydrogens (tertiary/aromatic N) is 1. The molecule has 0 saturated carbocycles. The summed E-state index contributed by atoms with van der Waals surface area (Å²) in [7, 11) is 0. The van der Waals surface area contributed by atoms with Gasteiger partial charge in [-0.15, -0.1) is 0 Å². The normalized spacial score (nSPS) is 9.44. The Kier molecular flexibility index (Phi) is 3.99. The van der Waals surface area contributed by atoms with Crippen LogP contribution in [0.2, 0.25) is 10.2 Å². The molecule has 0 saturated heterocycles. The second-order valence-corrected chi connectivity index (χ2v) is 4.24. The molecule has 0 aliphatic heterocycles. The Bertz CT molecular complexity index is 656. The zero-order valence-corrected chi connectivity index (χ0v) is 10.7. The number of carbonyl (C=O) groups excluding carboxylic acids is 1. The average molecular weight is 276 g/mol. The van der Waals surface area contributed by atoms with Gasteiger partial charge in [0.1, 0.15) is 5.15 Å². The first-order valence-corrected chi connectivity index (χ1v) is 5.83. The number of aldehydes is 1. The quantitative estimate of drug-likeness (QED) is 0.452. The number of carbonyl (C=O) groups is 1. The van der Waals surface area contributed by atoms with Gasteiger partial charge in [-0.1, -0.05) is 47.2 Å². The molecular formula is C14H7Cl2NO. The van der Waals surface area contributed by atoms with Crippen molar-refractivity contribution in [3.63, 3.8) is 0 Å². The molecule has 1 aromatic carbocycles. The highest BCUT2D eigenvalue weighted by molar-refractivity contribution is 6.31. The van der Waals surface area contributed by atoms with Crippen molar-refractivity contribution in [3.8, 4) is 11.8 Å². The van der Waals surface area contributed by atoms with Gasteiger partial charge in [0.15, 0.2) is 6.29 Å². The second-order valence-electron chi connectivity index (χ2n) is 3.44. The van der Waals surface area contributed by atoms with Crippen LogP contribution in [0.25, 0.3) is 0 Å². The van der Waals surface area contributed by atoms with Gasteiger partial charge in [-0.2, -0.15) is 0 Å². The van der Waals surface area contributed by atoms with E-state index in [-0.39, 0.29) is 5.15 Å². The van der Waals surface area contributed by atoms with E-state index in [0.29, 0.717) is 28.0 Å². The molecule has 0 N–H and O–H groups in total. The predicted molar refractivity (Wildman–Crippen MR) is 72.1 cm³/mol. The van der Waals surface area contributed by atoms with Crippen LogP contribution in [0, 0.1) is 11.8 Å². The minimum Gasteiger partial charge on any atom is -0.298 e. The first-order chi connectivity index (χ1) is 8.70. The topological polar surface area (TPSA) is 30.0 Å². The summed E-state index contributed by atoms with van der Waals surface area (Å²) in [6.45, 7) is 0. The van der Waals surface area contributed by atoms with Crippen LogP contribution in [-0.4, -0.2) is 11.3 Å². The minimum atomic E-state index is 0.264. The molecule has 4 heteroatoms. The van der Waals surface area contributed by atoms with Crippen molar-refractivity contribution >= 4 is 29.5 Å². The number of rotatable bonds is 1. The largest absolute Gasteiger partial charge is 0.298 e. The maximum absolute atomic E-state index is 10.9. The van der Waals surface area contributed by atoms with Crippen molar-refractivity contribution in [2.45, 2.75) is 0 Å². The van der Waals surface area contributed by atoms with Crippen LogP contribution in [-0.2, 0) is 0 Å². The lowest BCUT2D eigenvalue weighted by atomic mass is 10.1. The van der Waals surface area contributed by atoms with Crippen molar-refractivity contribution in [2.75, 3.05) is 0 Å². The van der Waals surface area contributed by atoms with Crippen LogP contribution in [0.15, 0.2) is 36.5 Å². The molecule has 1 heterocycles. The van der Waals surface area contributed by atoms with E-state index in [4.69, 9.17) is 23.2 Å². The van der Waals surface area contributed by atoms with Crippen LogP contribution in [0.1, 0.15) is 21.5 Å². The Morgan fingerprint density at radius 1 is 1.11 bits per heavy atom. The Morgan fingerprint density at radius 2 is 1.83 bits per heavy atom. The molecule has 0 unspecified atom stereocenters. The molecule has 88 valence electrons. The van der Waals surface area contributed by atoms with Crippen LogP contribution in [0.3, 0.4) is 0 Å². The lowest BCUT2D eigenvalue weighted by Gasteiger charge is -1.97. The number of aromatic nitrogens is 1. The van der Waals surface area contributed by atoms with Gasteiger partial charge in [0, 0.05) is 17.3 Å². The molecule has 2 nitrogen and oxygen atoms in total. The molecular weight excluding hydrogens is 269 g/mol. The highest BCUT2D eigenvalue weighted by Gasteiger charge is 2.01. The summed E-state index contributed by atoms with van der Waals surface area (Å²) < 4.78 is 0. The van der Waals surface area contributed by atoms with Crippen molar-refractivity contribution in [3.05, 3.63) is 63.4 Å². The maximum atomic E-state index is 10.9. The van der Waals surface area contributed by atoms with Crippen molar-refractivity contribution in [1.29, 1.82) is 0 Å². The number of benzene rings is 1. The van der Waals surface area contributed by atoms with Crippen LogP contribution in [0.4, 0.5) is 0 Å². The molecule has 1 aromatic heterocycles. The Labute approximate surface area is 115 Å². The fourth-order valence-corrected chi connectivity index (χ4v) is 1.69. The van der Waals surface area contributed by atoms with Crippen LogP contribution < -0.4 is 0 Å². The smallest absolute Gasteiger partial charge is 0.151 e. The Balaban J connectivity index is 2.42. The molecule has 0 fully saturated rings. The van der Waals surface area contributed by atoms with Gasteiger partial charge in [-0.3, -0.25) is 4.79 Å². The lowest BCUT2D eigenvalue weighted by molar-refractivity contribution is 0.112. The van der Waals surface area contributed by atoms with E-state index in [9.17, 15) is 4.79 Å². The minimum absolute atomic E-state index is 0.264. The predicted octanol–water partition coefficient (Wildman–Crippen LogP) is 3.60. The Hall–Kier alpha value is -1.82. The molecule has 2 aromatic rings. The van der Waals surface area contributed by atoms with Crippen LogP contribution >= 0.6 is 23.2 Å². The lowest BCUT2D eigenvalue weighted by Crippen LogP contribution is -1.89. The summed E-state index contributed by atoms with van der Waals surface area (Å²) in [5, 5.41) is 0.833. The van der Waals surface area contributed by atoms with Gasteiger partial charge in [0.25, 0.3) is 0 Å². The van der Waals surface area contributed by atoms with Crippen molar-refractivity contribution < 1.29 is 4.79 Å². The molecule has 18 heavy (non-hydrogen) atoms. The van der Waals surface area contributed by atoms with E-state index in [2.05, 4.69) is 16.8 Å². The zero-order chi connectivity index (χ0) is 13.0. The standard InChI is InChI=1S/C14H7Cl2NO/c15-13-4-2-1-3-10(13)5-6-11-8-17-14(16)7-12(11)9-18/h1-4,7-9H. The first-order valence-electron chi connectivity index (χ1n) is 5.08. The number of hydrogen-bond donors (Lipinski definition) is 0. The molecule has 0 aliphatic carbocycles. The summed E-state index contributed by atoms with van der Waals surface area (Å²) in [6, 6.07) is 8.71. The monoisotopic (exact) mass is 275 g/mol. The van der Waals surface area contributed by atoms with Gasteiger partial charge in [-0.25, -0.2) is 4.98 Å². The van der Waals surface area contributed by atoms with E-state index >= 15 is 0 Å². The van der Waals surface area contributed by atoms with Crippen LogP contribution in [0.5, 0.6) is 0 Å². The summed E-state index contributed by atoms with van der Waals surface area (Å²) in [5.41, 5.74) is 1.63. The molecule has 0 amide bonds. The average Bonchev–Trinajstić information content (AvgIpc) is 2.39. The first kappa shape index (κ1) is 12.6. The number of halogens is 2. The van der Waals surface area contributed by atoms with E-state index in [1.54, 1.807) is 12.1 Å². The molecule has 0 radical (unpaired) electrons. The summed E-state index contributed by atoms with van der Waals surface area (Å²) in [5.74, 6) is 5.76. The van der Waals surface area contributed by atoms with E-state index < -0.39 is 0 Å². The van der Waals surface area contributed by atoms with E-state index in [1.165, 1.54) is 12.3 Å². The van der Waals surface area contributed by atoms with Gasteiger partial charge in [0.2, 0.25) is 0 Å². The number of pyridine rings is 1. The highest BCUT2D eigenvalue weighted by Crippen LogP contribution is 2.14. The van der Waals surface area contributed by atoms with Gasteiger partial charge < -0.3 is 0 Å². The summed E-state index contributed by atoms with van der Waals surface area (Å²) in [4.78, 5) is 14.8. The number of hydrogen-bond acceptors (Lipinski definition) is 2. The Morgan fingerprint density at radius 3 is 2.56 bits per heavy atom. The maximum Gasteiger partial charge on any atom is 0.151 e. The molecule has 2 rings (SSSR count). The summed E-state index contributed by atoms with van der Waals surface area (Å²) >= 11 is 11.7. The van der Waals surface area contributed by atoms with E-state index in [1.807, 2.05) is 12.1 Å². The molecule has 0 atom stereocenters. The third-order valence-electron chi connectivity index (χ3n) is 2.24. The SMILES string of the molecule is O=Cc1cc(Cl)ncc1C#Cc1ccccc1Cl. The third-order valence-corrected chi connectivity index (χ3v) is 2.77. The second kappa shape index (κ2) is 5.68. The molecule has 0 aliphatic rings. The van der Waals surface area contributed by atoms with Gasteiger partial charge in [0.05, 0.1) is 10.6 Å². The van der Waals surface area contributed by atoms with Crippen molar-refractivity contribution in [1.82, 2.24) is 4.98 Å². The van der Waals surface area contributed by atoms with Crippen molar-refractivity contribution in [2.24, 2.45) is 0 Å².